The Bertz CT molecular complexity index is 1360. The molecule has 0 saturated carbocycles. The van der Waals surface area contributed by atoms with E-state index in [1.165, 1.54) is 25.7 Å². The number of hydrogen-bond acceptors (Lipinski definition) is 2. The van der Waals surface area contributed by atoms with Crippen molar-refractivity contribution >= 4 is 10.8 Å². The zero-order chi connectivity index (χ0) is 27.8. The fourth-order valence-electron chi connectivity index (χ4n) is 4.59. The average molecular weight is 543 g/mol. The van der Waals surface area contributed by atoms with Crippen LogP contribution in [-0.2, 0) is 12.8 Å². The summed E-state index contributed by atoms with van der Waals surface area (Å²) in [6.45, 7) is -0.446. The van der Waals surface area contributed by atoms with Gasteiger partial charge in [-0.3, -0.25) is 0 Å². The summed E-state index contributed by atoms with van der Waals surface area (Å²) in [5, 5.41) is 1.17. The smallest absolute Gasteiger partial charge is 0.387 e. The van der Waals surface area contributed by atoms with Gasteiger partial charge in [-0.05, 0) is 77.2 Å². The van der Waals surface area contributed by atoms with Gasteiger partial charge in [0.25, 0.3) is 0 Å². The number of rotatable bonds is 13. The minimum atomic E-state index is -3.34. The van der Waals surface area contributed by atoms with E-state index >= 15 is 4.39 Å². The molecule has 0 amide bonds. The Labute approximate surface area is 225 Å². The molecule has 206 valence electrons. The van der Waals surface area contributed by atoms with Crippen molar-refractivity contribution in [3.05, 3.63) is 95.3 Å². The quantitative estimate of drug-likeness (QED) is 0.124. The standard InChI is InChI=1S/C32H31F5O2/c1-2-3-4-5-6-17-38-26-14-11-22(12-15-26)24-13-16-27-25(20-24)10-9-23(30(27)35)8-7-21-18-28(33)31(29(34)19-21)39-32(36)37/h9-16,18-20,32H,2-8,17H2,1H3. The zero-order valence-corrected chi connectivity index (χ0v) is 21.8. The first-order valence-electron chi connectivity index (χ1n) is 13.2. The van der Waals surface area contributed by atoms with Crippen LogP contribution >= 0.6 is 0 Å². The second-order valence-corrected chi connectivity index (χ2v) is 9.53. The van der Waals surface area contributed by atoms with Crippen LogP contribution in [0.25, 0.3) is 21.9 Å². The summed E-state index contributed by atoms with van der Waals surface area (Å²) in [5.74, 6) is -3.15. The van der Waals surface area contributed by atoms with Crippen LogP contribution in [-0.4, -0.2) is 13.2 Å². The Hall–Kier alpha value is -3.61. The zero-order valence-electron chi connectivity index (χ0n) is 21.8. The molecule has 4 rings (SSSR count). The molecule has 0 heterocycles. The summed E-state index contributed by atoms with van der Waals surface area (Å²) in [7, 11) is 0. The summed E-state index contributed by atoms with van der Waals surface area (Å²) in [5.41, 5.74) is 2.53. The molecule has 0 atom stereocenters. The van der Waals surface area contributed by atoms with E-state index in [4.69, 9.17) is 4.74 Å². The van der Waals surface area contributed by atoms with Crippen molar-refractivity contribution in [3.8, 4) is 22.6 Å². The molecule has 0 aliphatic carbocycles. The summed E-state index contributed by atoms with van der Waals surface area (Å²) in [4.78, 5) is 0. The van der Waals surface area contributed by atoms with Gasteiger partial charge in [-0.1, -0.05) is 69.0 Å². The number of halogens is 5. The van der Waals surface area contributed by atoms with Crippen LogP contribution in [0.2, 0.25) is 0 Å². The highest BCUT2D eigenvalue weighted by Gasteiger charge is 2.17. The summed E-state index contributed by atoms with van der Waals surface area (Å²) >= 11 is 0. The first-order chi connectivity index (χ1) is 18.9. The van der Waals surface area contributed by atoms with E-state index in [2.05, 4.69) is 11.7 Å². The van der Waals surface area contributed by atoms with Gasteiger partial charge in [0.15, 0.2) is 17.4 Å². The fourth-order valence-corrected chi connectivity index (χ4v) is 4.59. The minimum absolute atomic E-state index is 0.121. The topological polar surface area (TPSA) is 18.5 Å². The first-order valence-corrected chi connectivity index (χ1v) is 13.2. The molecule has 4 aromatic carbocycles. The Morgan fingerprint density at radius 1 is 0.718 bits per heavy atom. The lowest BCUT2D eigenvalue weighted by Gasteiger charge is -2.11. The highest BCUT2D eigenvalue weighted by molar-refractivity contribution is 5.88. The largest absolute Gasteiger partial charge is 0.494 e. The number of aryl methyl sites for hydroxylation is 2. The lowest BCUT2D eigenvalue weighted by atomic mass is 9.97. The molecular formula is C32H31F5O2. The van der Waals surface area contributed by atoms with Crippen molar-refractivity contribution in [1.29, 1.82) is 0 Å². The lowest BCUT2D eigenvalue weighted by molar-refractivity contribution is -0.0546. The molecule has 39 heavy (non-hydrogen) atoms. The highest BCUT2D eigenvalue weighted by Crippen LogP contribution is 2.30. The summed E-state index contributed by atoms with van der Waals surface area (Å²) in [6.07, 6.45) is 6.22. The van der Waals surface area contributed by atoms with Crippen molar-refractivity contribution in [1.82, 2.24) is 0 Å². The molecule has 0 aromatic heterocycles. The lowest BCUT2D eigenvalue weighted by Crippen LogP contribution is -2.06. The molecule has 0 bridgehead atoms. The van der Waals surface area contributed by atoms with Gasteiger partial charge in [0.2, 0.25) is 0 Å². The van der Waals surface area contributed by atoms with E-state index in [1.54, 1.807) is 12.1 Å². The molecule has 2 nitrogen and oxygen atoms in total. The van der Waals surface area contributed by atoms with Gasteiger partial charge < -0.3 is 9.47 Å². The van der Waals surface area contributed by atoms with E-state index < -0.39 is 29.8 Å². The molecule has 0 aliphatic rings. The first kappa shape index (κ1) is 28.4. The van der Waals surface area contributed by atoms with Gasteiger partial charge in [0, 0.05) is 5.39 Å². The van der Waals surface area contributed by atoms with Crippen LogP contribution in [0.1, 0.15) is 50.2 Å². The Kier molecular flexibility index (Phi) is 9.79. The molecule has 7 heteroatoms. The molecule has 0 unspecified atom stereocenters. The van der Waals surface area contributed by atoms with E-state index in [0.717, 1.165) is 40.8 Å². The van der Waals surface area contributed by atoms with Crippen molar-refractivity contribution in [2.45, 2.75) is 58.5 Å². The number of alkyl halides is 2. The van der Waals surface area contributed by atoms with Crippen LogP contribution in [0.5, 0.6) is 11.5 Å². The van der Waals surface area contributed by atoms with Gasteiger partial charge in [0.1, 0.15) is 11.6 Å². The van der Waals surface area contributed by atoms with Crippen LogP contribution in [0.15, 0.2) is 66.7 Å². The second kappa shape index (κ2) is 13.5. The summed E-state index contributed by atoms with van der Waals surface area (Å²) < 4.78 is 77.7. The average Bonchev–Trinajstić information content (AvgIpc) is 2.92. The predicted molar refractivity (Wildman–Crippen MR) is 144 cm³/mol. The van der Waals surface area contributed by atoms with Crippen LogP contribution in [0.3, 0.4) is 0 Å². The Morgan fingerprint density at radius 2 is 1.41 bits per heavy atom. The minimum Gasteiger partial charge on any atom is -0.494 e. The van der Waals surface area contributed by atoms with Crippen molar-refractivity contribution in [2.75, 3.05) is 6.61 Å². The third kappa shape index (κ3) is 7.49. The molecule has 0 radical (unpaired) electrons. The highest BCUT2D eigenvalue weighted by atomic mass is 19.3. The molecule has 0 aliphatic heterocycles. The second-order valence-electron chi connectivity index (χ2n) is 9.53. The summed E-state index contributed by atoms with van der Waals surface area (Å²) in [6, 6.07) is 18.6. The number of benzene rings is 4. The van der Waals surface area contributed by atoms with Gasteiger partial charge >= 0.3 is 6.61 Å². The number of hydrogen-bond donors (Lipinski definition) is 0. The molecule has 0 fully saturated rings. The molecule has 0 spiro atoms. The normalized spacial score (nSPS) is 11.4. The van der Waals surface area contributed by atoms with Gasteiger partial charge in [0.05, 0.1) is 6.61 Å². The van der Waals surface area contributed by atoms with E-state index in [1.807, 2.05) is 42.5 Å². The van der Waals surface area contributed by atoms with Crippen LogP contribution in [0.4, 0.5) is 22.0 Å². The Balaban J connectivity index is 1.41. The molecule has 0 saturated heterocycles. The van der Waals surface area contributed by atoms with E-state index in [-0.39, 0.29) is 18.4 Å². The maximum Gasteiger partial charge on any atom is 0.387 e. The fraction of sp³-hybridized carbons (Fsp3) is 0.312. The van der Waals surface area contributed by atoms with Crippen LogP contribution < -0.4 is 9.47 Å². The number of ether oxygens (including phenoxy) is 2. The van der Waals surface area contributed by atoms with Crippen molar-refractivity contribution in [2.24, 2.45) is 0 Å². The molecular weight excluding hydrogens is 511 g/mol. The SMILES string of the molecule is CCCCCCCOc1ccc(-c2ccc3c(F)c(CCc4cc(F)c(OC(F)F)c(F)c4)ccc3c2)cc1. The number of fused-ring (bicyclic) bond motifs is 1. The Morgan fingerprint density at radius 3 is 2.10 bits per heavy atom. The number of unbranched alkanes of at least 4 members (excludes halogenated alkanes) is 4. The third-order valence-corrected chi connectivity index (χ3v) is 6.69. The van der Waals surface area contributed by atoms with Gasteiger partial charge in [-0.25, -0.2) is 13.2 Å². The van der Waals surface area contributed by atoms with Crippen molar-refractivity contribution < 1.29 is 31.4 Å². The van der Waals surface area contributed by atoms with Gasteiger partial charge in [-0.2, -0.15) is 8.78 Å². The van der Waals surface area contributed by atoms with Crippen molar-refractivity contribution in [3.63, 3.8) is 0 Å². The maximum absolute atomic E-state index is 15.3. The molecule has 0 N–H and O–H groups in total. The van der Waals surface area contributed by atoms with E-state index in [9.17, 15) is 17.6 Å². The van der Waals surface area contributed by atoms with E-state index in [0.29, 0.717) is 17.6 Å². The monoisotopic (exact) mass is 542 g/mol. The van der Waals surface area contributed by atoms with Crippen LogP contribution in [0, 0.1) is 17.5 Å². The predicted octanol–water partition coefficient (Wildman–Crippen LogP) is 9.66. The molecule has 4 aromatic rings. The van der Waals surface area contributed by atoms with Gasteiger partial charge in [-0.15, -0.1) is 0 Å². The third-order valence-electron chi connectivity index (χ3n) is 6.69. The maximum atomic E-state index is 15.3.